The molecule has 1 rings (SSSR count). The molecule has 0 aliphatic carbocycles. The fourth-order valence-electron chi connectivity index (χ4n) is 1.73. The number of rotatable bonds is 11. The molecule has 0 atom stereocenters. The molecule has 0 aliphatic rings. The van der Waals surface area contributed by atoms with Crippen molar-refractivity contribution in [2.75, 3.05) is 33.0 Å². The predicted octanol–water partition coefficient (Wildman–Crippen LogP) is 3.45. The first-order chi connectivity index (χ1) is 10.5. The molecule has 0 spiro atoms. The van der Waals surface area contributed by atoms with Crippen LogP contribution in [0.2, 0.25) is 0 Å². The molecule has 0 bridgehead atoms. The molecule has 0 unspecified atom stereocenters. The third-order valence-electron chi connectivity index (χ3n) is 3.30. The summed E-state index contributed by atoms with van der Waals surface area (Å²) in [5.74, 6) is 1.52. The second kappa shape index (κ2) is 10.4. The standard InChI is InChI=1S/C18H28O4/c1-14(2)16-5-7-17(8-6-16)22-12-11-20-9-10-21-13-18(19)15(3)4/h5-8,14-15H,9-13H2,1-4H3. The molecule has 0 aromatic heterocycles. The molecule has 0 radical (unpaired) electrons. The molecular weight excluding hydrogens is 280 g/mol. The lowest BCUT2D eigenvalue weighted by Crippen LogP contribution is -2.17. The van der Waals surface area contributed by atoms with Crippen molar-refractivity contribution in [3.05, 3.63) is 29.8 Å². The third-order valence-corrected chi connectivity index (χ3v) is 3.30. The Bertz CT molecular complexity index is 423. The maximum Gasteiger partial charge on any atom is 0.160 e. The van der Waals surface area contributed by atoms with Crippen LogP contribution in [0.4, 0.5) is 0 Å². The van der Waals surface area contributed by atoms with Crippen molar-refractivity contribution in [2.24, 2.45) is 5.92 Å². The zero-order valence-corrected chi connectivity index (χ0v) is 14.1. The summed E-state index contributed by atoms with van der Waals surface area (Å²) in [5.41, 5.74) is 1.30. The van der Waals surface area contributed by atoms with Gasteiger partial charge in [-0.15, -0.1) is 0 Å². The van der Waals surface area contributed by atoms with Gasteiger partial charge in [-0.3, -0.25) is 4.79 Å². The average Bonchev–Trinajstić information content (AvgIpc) is 2.50. The van der Waals surface area contributed by atoms with Gasteiger partial charge in [0.1, 0.15) is 19.0 Å². The molecule has 0 aliphatic heterocycles. The van der Waals surface area contributed by atoms with Crippen molar-refractivity contribution in [1.29, 1.82) is 0 Å². The fraction of sp³-hybridized carbons (Fsp3) is 0.611. The average molecular weight is 308 g/mol. The topological polar surface area (TPSA) is 44.8 Å². The molecule has 1 aromatic rings. The first kappa shape index (κ1) is 18.7. The summed E-state index contributed by atoms with van der Waals surface area (Å²) in [6, 6.07) is 8.13. The lowest BCUT2D eigenvalue weighted by Gasteiger charge is -2.09. The van der Waals surface area contributed by atoms with Crippen molar-refractivity contribution < 1.29 is 19.0 Å². The van der Waals surface area contributed by atoms with Crippen LogP contribution in [0.25, 0.3) is 0 Å². The van der Waals surface area contributed by atoms with Crippen LogP contribution in [0.15, 0.2) is 24.3 Å². The van der Waals surface area contributed by atoms with Crippen molar-refractivity contribution >= 4 is 5.78 Å². The van der Waals surface area contributed by atoms with E-state index in [-0.39, 0.29) is 18.3 Å². The van der Waals surface area contributed by atoms with Crippen LogP contribution in [0, 0.1) is 5.92 Å². The number of hydrogen-bond donors (Lipinski definition) is 0. The Balaban J connectivity index is 2.02. The maximum absolute atomic E-state index is 11.3. The molecule has 4 nitrogen and oxygen atoms in total. The molecule has 0 amide bonds. The van der Waals surface area contributed by atoms with Gasteiger partial charge in [0.2, 0.25) is 0 Å². The minimum absolute atomic E-state index is 0.0244. The van der Waals surface area contributed by atoms with Crippen LogP contribution in [0.5, 0.6) is 5.75 Å². The highest BCUT2D eigenvalue weighted by atomic mass is 16.5. The lowest BCUT2D eigenvalue weighted by atomic mass is 10.0. The van der Waals surface area contributed by atoms with Gasteiger partial charge in [0.25, 0.3) is 0 Å². The second-order valence-corrected chi connectivity index (χ2v) is 5.86. The Kier molecular flexibility index (Phi) is 8.78. The van der Waals surface area contributed by atoms with Crippen LogP contribution in [-0.4, -0.2) is 38.8 Å². The van der Waals surface area contributed by atoms with E-state index in [4.69, 9.17) is 14.2 Å². The summed E-state index contributed by atoms with van der Waals surface area (Å²) < 4.78 is 16.2. The van der Waals surface area contributed by atoms with E-state index in [9.17, 15) is 4.79 Å². The Morgan fingerprint density at radius 3 is 2.09 bits per heavy atom. The maximum atomic E-state index is 11.3. The van der Waals surface area contributed by atoms with E-state index in [0.29, 0.717) is 32.3 Å². The van der Waals surface area contributed by atoms with Crippen molar-refractivity contribution in [3.8, 4) is 5.75 Å². The highest BCUT2D eigenvalue weighted by Crippen LogP contribution is 2.18. The summed E-state index contributed by atoms with van der Waals surface area (Å²) in [6.45, 7) is 10.2. The molecule has 124 valence electrons. The van der Waals surface area contributed by atoms with Gasteiger partial charge in [-0.1, -0.05) is 39.8 Å². The number of benzene rings is 1. The van der Waals surface area contributed by atoms with E-state index in [1.54, 1.807) is 0 Å². The zero-order valence-electron chi connectivity index (χ0n) is 14.1. The van der Waals surface area contributed by atoms with E-state index in [1.165, 1.54) is 5.56 Å². The van der Waals surface area contributed by atoms with Gasteiger partial charge in [-0.25, -0.2) is 0 Å². The summed E-state index contributed by atoms with van der Waals surface area (Å²) >= 11 is 0. The highest BCUT2D eigenvalue weighted by Gasteiger charge is 2.06. The molecular formula is C18H28O4. The normalized spacial score (nSPS) is 11.2. The largest absolute Gasteiger partial charge is 0.491 e. The number of carbonyl (C=O) groups is 1. The third kappa shape index (κ3) is 7.57. The second-order valence-electron chi connectivity index (χ2n) is 5.86. The van der Waals surface area contributed by atoms with Crippen LogP contribution < -0.4 is 4.74 Å². The summed E-state index contributed by atoms with van der Waals surface area (Å²) in [5, 5.41) is 0. The molecule has 0 N–H and O–H groups in total. The van der Waals surface area contributed by atoms with Gasteiger partial charge in [0.15, 0.2) is 5.78 Å². The fourth-order valence-corrected chi connectivity index (χ4v) is 1.73. The minimum atomic E-state index is 0.0244. The number of ketones is 1. The Labute approximate surface area is 133 Å². The van der Waals surface area contributed by atoms with Crippen LogP contribution >= 0.6 is 0 Å². The van der Waals surface area contributed by atoms with E-state index in [2.05, 4.69) is 26.0 Å². The first-order valence-electron chi connectivity index (χ1n) is 7.91. The molecule has 0 saturated carbocycles. The molecule has 0 saturated heterocycles. The predicted molar refractivity (Wildman–Crippen MR) is 87.5 cm³/mol. The summed E-state index contributed by atoms with van der Waals surface area (Å²) in [7, 11) is 0. The molecule has 0 heterocycles. The summed E-state index contributed by atoms with van der Waals surface area (Å²) in [4.78, 5) is 11.3. The van der Waals surface area contributed by atoms with Crippen molar-refractivity contribution in [1.82, 2.24) is 0 Å². The van der Waals surface area contributed by atoms with Gasteiger partial charge < -0.3 is 14.2 Å². The monoisotopic (exact) mass is 308 g/mol. The van der Waals surface area contributed by atoms with E-state index in [0.717, 1.165) is 5.75 Å². The highest BCUT2D eigenvalue weighted by molar-refractivity contribution is 5.81. The SMILES string of the molecule is CC(C)C(=O)COCCOCCOc1ccc(C(C)C)cc1. The smallest absolute Gasteiger partial charge is 0.160 e. The number of carbonyl (C=O) groups excluding carboxylic acids is 1. The van der Waals surface area contributed by atoms with Crippen LogP contribution in [-0.2, 0) is 14.3 Å². The zero-order chi connectivity index (χ0) is 16.4. The van der Waals surface area contributed by atoms with Crippen molar-refractivity contribution in [3.63, 3.8) is 0 Å². The number of hydrogen-bond acceptors (Lipinski definition) is 4. The van der Waals surface area contributed by atoms with Gasteiger partial charge in [0.05, 0.1) is 19.8 Å². The number of Topliss-reactive ketones (excluding diaryl/α,β-unsaturated/α-hetero) is 1. The quantitative estimate of drug-likeness (QED) is 0.587. The Hall–Kier alpha value is -1.39. The Morgan fingerprint density at radius 2 is 1.50 bits per heavy atom. The van der Waals surface area contributed by atoms with Crippen LogP contribution in [0.3, 0.4) is 0 Å². The van der Waals surface area contributed by atoms with E-state index >= 15 is 0 Å². The van der Waals surface area contributed by atoms with E-state index < -0.39 is 0 Å². The summed E-state index contributed by atoms with van der Waals surface area (Å²) in [6.07, 6.45) is 0. The molecule has 22 heavy (non-hydrogen) atoms. The van der Waals surface area contributed by atoms with Gasteiger partial charge in [-0.2, -0.15) is 0 Å². The molecule has 0 fully saturated rings. The van der Waals surface area contributed by atoms with Gasteiger partial charge in [-0.05, 0) is 23.6 Å². The van der Waals surface area contributed by atoms with Gasteiger partial charge >= 0.3 is 0 Å². The lowest BCUT2D eigenvalue weighted by molar-refractivity contribution is -0.127. The first-order valence-corrected chi connectivity index (χ1v) is 7.91. The molecule has 1 aromatic carbocycles. The minimum Gasteiger partial charge on any atom is -0.491 e. The van der Waals surface area contributed by atoms with Crippen LogP contribution in [0.1, 0.15) is 39.2 Å². The van der Waals surface area contributed by atoms with Gasteiger partial charge in [0, 0.05) is 5.92 Å². The molecule has 4 heteroatoms. The number of ether oxygens (including phenoxy) is 3. The Morgan fingerprint density at radius 1 is 0.909 bits per heavy atom. The van der Waals surface area contributed by atoms with E-state index in [1.807, 2.05) is 26.0 Å². The van der Waals surface area contributed by atoms with Crippen molar-refractivity contribution in [2.45, 2.75) is 33.6 Å².